The maximum atomic E-state index is 13.0. The third kappa shape index (κ3) is 4.05. The number of amides is 2. The van der Waals surface area contributed by atoms with Gasteiger partial charge >= 0.3 is 0 Å². The number of nitrogens with one attached hydrogen (secondary N) is 2. The highest BCUT2D eigenvalue weighted by Crippen LogP contribution is 2.31. The topological polar surface area (TPSA) is 95.6 Å². The van der Waals surface area contributed by atoms with Crippen molar-refractivity contribution in [1.29, 1.82) is 0 Å². The van der Waals surface area contributed by atoms with Crippen molar-refractivity contribution >= 4 is 33.2 Å². The molecule has 2 amide bonds. The van der Waals surface area contributed by atoms with E-state index in [-0.39, 0.29) is 28.4 Å². The SMILES string of the molecule is CC(=O)N1CCc2cc(S(=O)(=O)Nc3ccccc3C(=O)NC3CCCC3)ccc21. The van der Waals surface area contributed by atoms with E-state index in [9.17, 15) is 18.0 Å². The molecule has 0 spiro atoms. The number of fused-ring (bicyclic) bond motifs is 1. The summed E-state index contributed by atoms with van der Waals surface area (Å²) in [6, 6.07) is 11.5. The van der Waals surface area contributed by atoms with E-state index < -0.39 is 10.0 Å². The molecule has 1 aliphatic carbocycles. The molecule has 1 aliphatic heterocycles. The van der Waals surface area contributed by atoms with E-state index in [1.165, 1.54) is 13.0 Å². The van der Waals surface area contributed by atoms with Crippen LogP contribution >= 0.6 is 0 Å². The highest BCUT2D eigenvalue weighted by atomic mass is 32.2. The third-order valence-corrected chi connectivity index (χ3v) is 7.11. The normalized spacial score (nSPS) is 16.4. The lowest BCUT2D eigenvalue weighted by molar-refractivity contribution is -0.116. The number of hydrogen-bond donors (Lipinski definition) is 2. The molecular weight excluding hydrogens is 402 g/mol. The number of hydrogen-bond acceptors (Lipinski definition) is 4. The van der Waals surface area contributed by atoms with Crippen molar-refractivity contribution in [3.05, 3.63) is 53.6 Å². The molecule has 0 bridgehead atoms. The van der Waals surface area contributed by atoms with Crippen molar-refractivity contribution in [3.8, 4) is 0 Å². The molecule has 158 valence electrons. The molecule has 2 aromatic carbocycles. The molecule has 8 heteroatoms. The molecule has 1 fully saturated rings. The molecule has 7 nitrogen and oxygen atoms in total. The van der Waals surface area contributed by atoms with Gasteiger partial charge in [0.1, 0.15) is 0 Å². The number of anilines is 2. The first kappa shape index (κ1) is 20.4. The number of carbonyl (C=O) groups excluding carboxylic acids is 2. The van der Waals surface area contributed by atoms with Gasteiger partial charge in [-0.25, -0.2) is 8.42 Å². The molecule has 4 rings (SSSR count). The van der Waals surface area contributed by atoms with Crippen LogP contribution in [-0.4, -0.2) is 32.8 Å². The number of sulfonamides is 1. The van der Waals surface area contributed by atoms with Gasteiger partial charge in [0.25, 0.3) is 15.9 Å². The Morgan fingerprint density at radius 1 is 1.07 bits per heavy atom. The summed E-state index contributed by atoms with van der Waals surface area (Å²) in [5, 5.41) is 3.00. The number of benzene rings is 2. The predicted octanol–water partition coefficient (Wildman–Crippen LogP) is 3.07. The van der Waals surface area contributed by atoms with Gasteiger partial charge < -0.3 is 10.2 Å². The van der Waals surface area contributed by atoms with E-state index in [0.717, 1.165) is 36.9 Å². The second-order valence-electron chi connectivity index (χ2n) is 7.82. The number of rotatable bonds is 5. The smallest absolute Gasteiger partial charge is 0.261 e. The second kappa shape index (κ2) is 8.10. The van der Waals surface area contributed by atoms with Crippen LogP contribution in [0.2, 0.25) is 0 Å². The minimum absolute atomic E-state index is 0.0651. The van der Waals surface area contributed by atoms with Crippen LogP contribution in [0.4, 0.5) is 11.4 Å². The molecule has 2 N–H and O–H groups in total. The van der Waals surface area contributed by atoms with Crippen LogP contribution < -0.4 is 14.9 Å². The molecule has 1 heterocycles. The average molecular weight is 428 g/mol. The average Bonchev–Trinajstić information content (AvgIpc) is 3.37. The minimum atomic E-state index is -3.89. The van der Waals surface area contributed by atoms with Crippen LogP contribution in [0, 0.1) is 0 Å². The Labute approximate surface area is 176 Å². The first-order valence-electron chi connectivity index (χ1n) is 10.2. The summed E-state index contributed by atoms with van der Waals surface area (Å²) >= 11 is 0. The zero-order valence-electron chi connectivity index (χ0n) is 16.8. The van der Waals surface area contributed by atoms with Crippen molar-refractivity contribution in [1.82, 2.24) is 5.32 Å². The van der Waals surface area contributed by atoms with Gasteiger partial charge in [0.05, 0.1) is 16.1 Å². The third-order valence-electron chi connectivity index (χ3n) is 5.74. The summed E-state index contributed by atoms with van der Waals surface area (Å²) in [7, 11) is -3.89. The lowest BCUT2D eigenvalue weighted by Crippen LogP contribution is -2.33. The molecule has 30 heavy (non-hydrogen) atoms. The molecule has 0 unspecified atom stereocenters. The van der Waals surface area contributed by atoms with Crippen molar-refractivity contribution in [2.75, 3.05) is 16.2 Å². The van der Waals surface area contributed by atoms with Gasteiger partial charge in [-0.05, 0) is 55.2 Å². The summed E-state index contributed by atoms with van der Waals surface area (Å²) in [6.45, 7) is 2.04. The van der Waals surface area contributed by atoms with E-state index in [0.29, 0.717) is 18.5 Å². The van der Waals surface area contributed by atoms with E-state index >= 15 is 0 Å². The van der Waals surface area contributed by atoms with Crippen LogP contribution in [0.1, 0.15) is 48.5 Å². The molecule has 0 aromatic heterocycles. The highest BCUT2D eigenvalue weighted by Gasteiger charge is 2.26. The molecule has 0 saturated heterocycles. The van der Waals surface area contributed by atoms with Crippen molar-refractivity contribution in [2.45, 2.75) is 50.0 Å². The fourth-order valence-corrected chi connectivity index (χ4v) is 5.31. The van der Waals surface area contributed by atoms with Crippen molar-refractivity contribution < 1.29 is 18.0 Å². The van der Waals surface area contributed by atoms with E-state index in [1.54, 1.807) is 41.3 Å². The fraction of sp³-hybridized carbons (Fsp3) is 0.364. The Kier molecular flexibility index (Phi) is 5.51. The lowest BCUT2D eigenvalue weighted by atomic mass is 10.1. The zero-order valence-corrected chi connectivity index (χ0v) is 17.7. The monoisotopic (exact) mass is 427 g/mol. The van der Waals surface area contributed by atoms with Crippen molar-refractivity contribution in [2.24, 2.45) is 0 Å². The van der Waals surface area contributed by atoms with Crippen LogP contribution in [0.3, 0.4) is 0 Å². The Balaban J connectivity index is 1.57. The van der Waals surface area contributed by atoms with Gasteiger partial charge in [-0.1, -0.05) is 25.0 Å². The predicted molar refractivity (Wildman–Crippen MR) is 115 cm³/mol. The van der Waals surface area contributed by atoms with E-state index in [1.807, 2.05) is 0 Å². The van der Waals surface area contributed by atoms with Gasteiger partial charge in [-0.15, -0.1) is 0 Å². The largest absolute Gasteiger partial charge is 0.349 e. The van der Waals surface area contributed by atoms with Crippen LogP contribution in [0.5, 0.6) is 0 Å². The van der Waals surface area contributed by atoms with Gasteiger partial charge in [-0.3, -0.25) is 14.3 Å². The summed E-state index contributed by atoms with van der Waals surface area (Å²) in [5.41, 5.74) is 2.12. The van der Waals surface area contributed by atoms with E-state index in [2.05, 4.69) is 10.0 Å². The fourth-order valence-electron chi connectivity index (χ4n) is 4.18. The standard InChI is InChI=1S/C22H25N3O4S/c1-15(26)25-13-12-16-14-18(10-11-21(16)25)30(28,29)24-20-9-5-4-8-19(20)22(27)23-17-6-2-3-7-17/h4-5,8-11,14,17,24H,2-3,6-7,12-13H2,1H3,(H,23,27). The zero-order chi connectivity index (χ0) is 21.3. The van der Waals surface area contributed by atoms with Gasteiger partial charge in [0.15, 0.2) is 0 Å². The molecule has 1 saturated carbocycles. The number of para-hydroxylation sites is 1. The summed E-state index contributed by atoms with van der Waals surface area (Å²) in [5.74, 6) is -0.337. The summed E-state index contributed by atoms with van der Waals surface area (Å²) in [4.78, 5) is 26.2. The summed E-state index contributed by atoms with van der Waals surface area (Å²) < 4.78 is 28.6. The van der Waals surface area contributed by atoms with Crippen LogP contribution in [0.15, 0.2) is 47.4 Å². The van der Waals surface area contributed by atoms with Gasteiger partial charge in [-0.2, -0.15) is 0 Å². The Bertz CT molecular complexity index is 1090. The molecule has 2 aromatic rings. The Hall–Kier alpha value is -2.87. The molecular formula is C22H25N3O4S. The highest BCUT2D eigenvalue weighted by molar-refractivity contribution is 7.92. The quantitative estimate of drug-likeness (QED) is 0.767. The molecule has 2 aliphatic rings. The molecule has 0 atom stereocenters. The first-order valence-corrected chi connectivity index (χ1v) is 11.7. The van der Waals surface area contributed by atoms with Gasteiger partial charge in [0.2, 0.25) is 5.91 Å². The maximum Gasteiger partial charge on any atom is 0.261 e. The Morgan fingerprint density at radius 2 is 1.80 bits per heavy atom. The molecule has 0 radical (unpaired) electrons. The number of nitrogens with zero attached hydrogens (tertiary/aromatic N) is 1. The lowest BCUT2D eigenvalue weighted by Gasteiger charge is -2.17. The summed E-state index contributed by atoms with van der Waals surface area (Å²) in [6.07, 6.45) is 4.70. The van der Waals surface area contributed by atoms with Crippen LogP contribution in [-0.2, 0) is 21.2 Å². The van der Waals surface area contributed by atoms with Crippen LogP contribution in [0.25, 0.3) is 0 Å². The Morgan fingerprint density at radius 3 is 2.53 bits per heavy atom. The first-order chi connectivity index (χ1) is 14.3. The van der Waals surface area contributed by atoms with Gasteiger partial charge in [0, 0.05) is 25.2 Å². The second-order valence-corrected chi connectivity index (χ2v) is 9.50. The van der Waals surface area contributed by atoms with Crippen molar-refractivity contribution in [3.63, 3.8) is 0 Å². The van der Waals surface area contributed by atoms with E-state index in [4.69, 9.17) is 0 Å². The minimum Gasteiger partial charge on any atom is -0.349 e. The maximum absolute atomic E-state index is 13.0. The number of carbonyl (C=O) groups is 2.